The third kappa shape index (κ3) is 4.70. The van der Waals surface area contributed by atoms with Gasteiger partial charge >= 0.3 is 0 Å². The molecule has 2 atom stereocenters. The highest BCUT2D eigenvalue weighted by molar-refractivity contribution is 5.91. The zero-order valence-corrected chi connectivity index (χ0v) is 21.6. The van der Waals surface area contributed by atoms with E-state index in [4.69, 9.17) is 5.73 Å². The number of nitrogens with zero attached hydrogens (tertiary/aromatic N) is 2. The number of halogens is 1. The number of carbonyl (C=O) groups is 1. The second kappa shape index (κ2) is 10.6. The fourth-order valence-electron chi connectivity index (χ4n) is 5.87. The molecule has 3 aromatic carbocycles. The van der Waals surface area contributed by atoms with Crippen LogP contribution in [0.5, 0.6) is 0 Å². The van der Waals surface area contributed by atoms with Gasteiger partial charge in [-0.15, -0.1) is 0 Å². The summed E-state index contributed by atoms with van der Waals surface area (Å²) in [4.78, 5) is 13.3. The van der Waals surface area contributed by atoms with Crippen LogP contribution in [-0.2, 0) is 16.8 Å². The maximum atomic E-state index is 13.3. The smallest absolute Gasteiger partial charge is 0.244 e. The van der Waals surface area contributed by atoms with Crippen molar-refractivity contribution in [3.05, 3.63) is 126 Å². The van der Waals surface area contributed by atoms with Crippen molar-refractivity contribution in [3.8, 4) is 0 Å². The summed E-state index contributed by atoms with van der Waals surface area (Å²) in [7, 11) is 0. The number of benzene rings is 3. The van der Waals surface area contributed by atoms with Crippen molar-refractivity contribution >= 4 is 5.91 Å². The minimum absolute atomic E-state index is 0. The third-order valence-corrected chi connectivity index (χ3v) is 7.54. The van der Waals surface area contributed by atoms with Gasteiger partial charge in [0.05, 0.1) is 0 Å². The second-order valence-corrected chi connectivity index (χ2v) is 9.51. The third-order valence-electron chi connectivity index (χ3n) is 7.54. The highest BCUT2D eigenvalue weighted by Crippen LogP contribution is 2.49. The molecule has 1 aliphatic rings. The average molecular weight is 531 g/mol. The van der Waals surface area contributed by atoms with E-state index < -0.39 is 5.41 Å². The van der Waals surface area contributed by atoms with Crippen molar-refractivity contribution in [2.24, 2.45) is 11.7 Å². The van der Waals surface area contributed by atoms with Gasteiger partial charge in [0.2, 0.25) is 12.2 Å². The number of aryl methyl sites for hydroxylation is 1. The Hall–Kier alpha value is -3.18. The van der Waals surface area contributed by atoms with Crippen molar-refractivity contribution in [1.82, 2.24) is 4.57 Å². The van der Waals surface area contributed by atoms with Crippen LogP contribution in [0.2, 0.25) is 0 Å². The number of amides is 1. The Balaban J connectivity index is 0.00000289. The fourth-order valence-corrected chi connectivity index (χ4v) is 5.87. The zero-order valence-electron chi connectivity index (χ0n) is 20.1. The lowest BCUT2D eigenvalue weighted by molar-refractivity contribution is -0.693. The molecule has 2 N–H and O–H groups in total. The Morgan fingerprint density at radius 2 is 1.46 bits per heavy atom. The largest absolute Gasteiger partial charge is 1.00 e. The minimum atomic E-state index is -0.834. The molecular weight excluding hydrogens is 498 g/mol. The van der Waals surface area contributed by atoms with Crippen LogP contribution in [0.4, 0.5) is 0 Å². The fraction of sp³-hybridized carbons (Fsp3) is 0.267. The Morgan fingerprint density at radius 3 is 2.00 bits per heavy atom. The zero-order chi connectivity index (χ0) is 23.5. The van der Waals surface area contributed by atoms with Gasteiger partial charge in [-0.1, -0.05) is 91.0 Å². The van der Waals surface area contributed by atoms with E-state index in [2.05, 4.69) is 83.2 Å². The number of aromatic nitrogens is 2. The van der Waals surface area contributed by atoms with E-state index in [1.807, 2.05) is 36.4 Å². The predicted octanol–water partition coefficient (Wildman–Crippen LogP) is 1.95. The van der Waals surface area contributed by atoms with Gasteiger partial charge in [-0.25, -0.2) is 9.13 Å². The second-order valence-electron chi connectivity index (χ2n) is 9.51. The van der Waals surface area contributed by atoms with E-state index in [1.165, 1.54) is 11.3 Å². The SMILES string of the molecule is Cc1cn(C2CCC(C(C(N)=O)(c3ccccc3)c3ccccc3)C2)c[n+]1Cc1ccccc1.[Br-]. The molecule has 0 spiro atoms. The summed E-state index contributed by atoms with van der Waals surface area (Å²) in [6.45, 7) is 3.02. The molecule has 0 saturated heterocycles. The van der Waals surface area contributed by atoms with Gasteiger partial charge in [0.25, 0.3) is 0 Å². The van der Waals surface area contributed by atoms with E-state index in [-0.39, 0.29) is 28.8 Å². The molecule has 4 nitrogen and oxygen atoms in total. The van der Waals surface area contributed by atoms with Crippen LogP contribution in [0.15, 0.2) is 104 Å². The maximum absolute atomic E-state index is 13.3. The molecule has 35 heavy (non-hydrogen) atoms. The Labute approximate surface area is 218 Å². The number of nitrogens with two attached hydrogens (primary N) is 1. The topological polar surface area (TPSA) is 51.9 Å². The number of carbonyl (C=O) groups excluding carboxylic acids is 1. The van der Waals surface area contributed by atoms with E-state index in [9.17, 15) is 4.79 Å². The van der Waals surface area contributed by atoms with Crippen LogP contribution < -0.4 is 27.3 Å². The summed E-state index contributed by atoms with van der Waals surface area (Å²) in [6.07, 6.45) is 7.36. The van der Waals surface area contributed by atoms with E-state index in [0.717, 1.165) is 36.9 Å². The van der Waals surface area contributed by atoms with Gasteiger partial charge in [0.15, 0.2) is 0 Å². The van der Waals surface area contributed by atoms with Crippen LogP contribution in [-0.4, -0.2) is 10.5 Å². The van der Waals surface area contributed by atoms with Crippen molar-refractivity contribution in [3.63, 3.8) is 0 Å². The molecule has 4 aromatic rings. The van der Waals surface area contributed by atoms with Crippen LogP contribution in [0.3, 0.4) is 0 Å². The van der Waals surface area contributed by atoms with E-state index >= 15 is 0 Å². The van der Waals surface area contributed by atoms with Gasteiger partial charge in [-0.3, -0.25) is 4.79 Å². The van der Waals surface area contributed by atoms with E-state index in [1.54, 1.807) is 0 Å². The normalized spacial score (nSPS) is 17.6. The van der Waals surface area contributed by atoms with Gasteiger partial charge in [0.1, 0.15) is 29.9 Å². The predicted molar refractivity (Wildman–Crippen MR) is 134 cm³/mol. The molecule has 0 bridgehead atoms. The molecule has 2 unspecified atom stereocenters. The van der Waals surface area contributed by atoms with Crippen LogP contribution in [0.1, 0.15) is 47.7 Å². The monoisotopic (exact) mass is 529 g/mol. The molecule has 1 aromatic heterocycles. The molecule has 0 aliphatic heterocycles. The van der Waals surface area contributed by atoms with E-state index in [0.29, 0.717) is 6.04 Å². The van der Waals surface area contributed by atoms with Gasteiger partial charge < -0.3 is 22.7 Å². The first-order chi connectivity index (χ1) is 16.6. The summed E-state index contributed by atoms with van der Waals surface area (Å²) in [6, 6.07) is 31.1. The maximum Gasteiger partial charge on any atom is 0.244 e. The molecule has 1 aliphatic carbocycles. The number of hydrogen-bond donors (Lipinski definition) is 1. The standard InChI is InChI=1S/C30H31N3O.BrH/c1-23-20-33(22-32(23)21-24-11-5-2-6-12-24)28-18-17-27(19-28)30(29(31)34,25-13-7-3-8-14-25)26-15-9-4-10-16-26;/h2-16,20,22,27-28H,17-19,21H2,1H3,(H-,31,34);1H. The van der Waals surface area contributed by atoms with Gasteiger partial charge in [0, 0.05) is 6.92 Å². The van der Waals surface area contributed by atoms with Crippen molar-refractivity contribution in [2.45, 2.75) is 44.2 Å². The Bertz CT molecular complexity index is 1220. The molecule has 1 fully saturated rings. The van der Waals surface area contributed by atoms with Gasteiger partial charge in [-0.2, -0.15) is 0 Å². The molecule has 5 heteroatoms. The molecule has 1 heterocycles. The summed E-state index contributed by atoms with van der Waals surface area (Å²) in [5, 5.41) is 0. The lowest BCUT2D eigenvalue weighted by atomic mass is 9.64. The molecule has 5 rings (SSSR count). The lowest BCUT2D eigenvalue weighted by Crippen LogP contribution is -3.00. The summed E-state index contributed by atoms with van der Waals surface area (Å²) >= 11 is 0. The number of primary amides is 1. The minimum Gasteiger partial charge on any atom is -1.00 e. The average Bonchev–Trinajstić information content (AvgIpc) is 3.49. The Kier molecular flexibility index (Phi) is 7.56. The number of imidazole rings is 1. The summed E-state index contributed by atoms with van der Waals surface area (Å²) in [5.74, 6) is -0.136. The lowest BCUT2D eigenvalue weighted by Gasteiger charge is -2.37. The van der Waals surface area contributed by atoms with Crippen LogP contribution in [0.25, 0.3) is 0 Å². The quantitative estimate of drug-likeness (QED) is 0.365. The molecule has 180 valence electrons. The highest BCUT2D eigenvalue weighted by atomic mass is 79.9. The number of rotatable bonds is 7. The first-order valence-electron chi connectivity index (χ1n) is 12.1. The first kappa shape index (κ1) is 24.9. The van der Waals surface area contributed by atoms with Crippen molar-refractivity contribution in [1.29, 1.82) is 0 Å². The Morgan fingerprint density at radius 1 is 0.914 bits per heavy atom. The molecule has 1 amide bonds. The number of hydrogen-bond acceptors (Lipinski definition) is 1. The van der Waals surface area contributed by atoms with Crippen molar-refractivity contribution in [2.75, 3.05) is 0 Å². The molecule has 1 saturated carbocycles. The summed E-state index contributed by atoms with van der Waals surface area (Å²) in [5.41, 5.74) is 9.93. The molecular formula is C30H32BrN3O. The van der Waals surface area contributed by atoms with Crippen molar-refractivity contribution < 1.29 is 26.3 Å². The molecule has 0 radical (unpaired) electrons. The van der Waals surface area contributed by atoms with Crippen LogP contribution >= 0.6 is 0 Å². The van der Waals surface area contributed by atoms with Gasteiger partial charge in [-0.05, 0) is 41.9 Å². The highest BCUT2D eigenvalue weighted by Gasteiger charge is 2.50. The summed E-state index contributed by atoms with van der Waals surface area (Å²) < 4.78 is 4.65. The van der Waals surface area contributed by atoms with Crippen LogP contribution in [0, 0.1) is 12.8 Å². The first-order valence-corrected chi connectivity index (χ1v) is 12.1.